The summed E-state index contributed by atoms with van der Waals surface area (Å²) < 4.78 is 13.2. The molecule has 0 fully saturated rings. The molecule has 1 atom stereocenters. The van der Waals surface area contributed by atoms with Gasteiger partial charge in [-0.3, -0.25) is 0 Å². The Bertz CT molecular complexity index is 3460. The van der Waals surface area contributed by atoms with Crippen LogP contribution < -0.4 is 5.32 Å². The summed E-state index contributed by atoms with van der Waals surface area (Å²) in [6, 6.07) is 61.4. The fourth-order valence-corrected chi connectivity index (χ4v) is 8.76. The van der Waals surface area contributed by atoms with Crippen molar-refractivity contribution >= 4 is 87.9 Å². The Balaban J connectivity index is 1.04. The van der Waals surface area contributed by atoms with E-state index in [1.807, 2.05) is 30.3 Å². The second kappa shape index (κ2) is 12.0. The number of fused-ring (bicyclic) bond motifs is 11. The third kappa shape index (κ3) is 4.67. The highest BCUT2D eigenvalue weighted by Crippen LogP contribution is 2.42. The predicted molar refractivity (Wildman–Crippen MR) is 231 cm³/mol. The van der Waals surface area contributed by atoms with Crippen LogP contribution in [0.3, 0.4) is 0 Å². The van der Waals surface area contributed by atoms with Crippen LogP contribution >= 0.6 is 0 Å². The Hall–Kier alpha value is -7.50. The number of nitrogens with zero attached hydrogens (tertiary/aromatic N) is 2. The van der Waals surface area contributed by atoms with Crippen molar-refractivity contribution in [2.75, 3.05) is 0 Å². The van der Waals surface area contributed by atoms with Gasteiger partial charge in [0, 0.05) is 43.6 Å². The molecular weight excluding hydrogens is 687 g/mol. The Morgan fingerprint density at radius 2 is 1.11 bits per heavy atom. The summed E-state index contributed by atoms with van der Waals surface area (Å²) in [5.41, 5.74) is 8.56. The molecule has 11 aromatic rings. The monoisotopic (exact) mass is 717 g/mol. The smallest absolute Gasteiger partial charge is 0.160 e. The van der Waals surface area contributed by atoms with Crippen molar-refractivity contribution in [1.82, 2.24) is 5.32 Å². The van der Waals surface area contributed by atoms with E-state index < -0.39 is 0 Å². The van der Waals surface area contributed by atoms with Crippen LogP contribution in [0.25, 0.3) is 87.3 Å². The van der Waals surface area contributed by atoms with Crippen molar-refractivity contribution in [3.8, 4) is 11.1 Å². The molecular formula is C51H31N3O2. The first-order valence-electron chi connectivity index (χ1n) is 18.9. The van der Waals surface area contributed by atoms with E-state index in [0.29, 0.717) is 5.84 Å². The Morgan fingerprint density at radius 1 is 0.429 bits per heavy atom. The summed E-state index contributed by atoms with van der Waals surface area (Å²) >= 11 is 0. The molecule has 0 bridgehead atoms. The highest BCUT2D eigenvalue weighted by molar-refractivity contribution is 6.23. The number of aliphatic imine (C=N–C) groups is 2. The van der Waals surface area contributed by atoms with Gasteiger partial charge in [-0.1, -0.05) is 140 Å². The van der Waals surface area contributed by atoms with Gasteiger partial charge < -0.3 is 14.2 Å². The quantitative estimate of drug-likeness (QED) is 0.184. The van der Waals surface area contributed by atoms with Crippen LogP contribution in [0.4, 0.5) is 0 Å². The zero-order chi connectivity index (χ0) is 36.7. The maximum atomic E-state index is 6.67. The van der Waals surface area contributed by atoms with Gasteiger partial charge in [0.05, 0.1) is 0 Å². The Kier molecular flexibility index (Phi) is 6.63. The molecule has 0 spiro atoms. The number of nitrogens with one attached hydrogen (secondary N) is 1. The van der Waals surface area contributed by atoms with Gasteiger partial charge >= 0.3 is 0 Å². The normalized spacial score (nSPS) is 14.6. The first-order chi connectivity index (χ1) is 27.7. The van der Waals surface area contributed by atoms with Gasteiger partial charge in [0.25, 0.3) is 0 Å². The number of amidine groups is 2. The summed E-state index contributed by atoms with van der Waals surface area (Å²) in [6.45, 7) is 0. The van der Waals surface area contributed by atoms with Crippen LogP contribution in [-0.2, 0) is 0 Å². The minimum absolute atomic E-state index is 0.380. The van der Waals surface area contributed by atoms with Crippen molar-refractivity contribution in [3.63, 3.8) is 0 Å². The van der Waals surface area contributed by atoms with Crippen molar-refractivity contribution in [2.24, 2.45) is 9.98 Å². The molecule has 12 rings (SSSR count). The molecule has 56 heavy (non-hydrogen) atoms. The van der Waals surface area contributed by atoms with E-state index in [1.54, 1.807) is 0 Å². The zero-order valence-corrected chi connectivity index (χ0v) is 30.0. The number of benzene rings is 9. The molecule has 2 aromatic heterocycles. The third-order valence-corrected chi connectivity index (χ3v) is 11.3. The summed E-state index contributed by atoms with van der Waals surface area (Å²) in [5.74, 6) is 1.43. The molecule has 1 aliphatic rings. The van der Waals surface area contributed by atoms with E-state index in [1.165, 1.54) is 16.2 Å². The molecule has 0 aliphatic carbocycles. The number of furan rings is 2. The largest absolute Gasteiger partial charge is 0.456 e. The second-order valence-corrected chi connectivity index (χ2v) is 14.5. The molecule has 0 saturated carbocycles. The Morgan fingerprint density at radius 3 is 1.96 bits per heavy atom. The summed E-state index contributed by atoms with van der Waals surface area (Å²) in [6.07, 6.45) is -0.380. The molecule has 5 heteroatoms. The Labute approximate surface area is 320 Å². The minimum Gasteiger partial charge on any atom is -0.456 e. The molecule has 1 unspecified atom stereocenters. The van der Waals surface area contributed by atoms with Gasteiger partial charge in [-0.25, -0.2) is 9.98 Å². The van der Waals surface area contributed by atoms with Gasteiger partial charge in [-0.15, -0.1) is 0 Å². The lowest BCUT2D eigenvalue weighted by atomic mass is 9.95. The van der Waals surface area contributed by atoms with E-state index in [9.17, 15) is 0 Å². The van der Waals surface area contributed by atoms with E-state index in [4.69, 9.17) is 18.8 Å². The number of rotatable bonds is 4. The van der Waals surface area contributed by atoms with Crippen molar-refractivity contribution in [3.05, 3.63) is 193 Å². The summed E-state index contributed by atoms with van der Waals surface area (Å²) in [7, 11) is 0. The predicted octanol–water partition coefficient (Wildman–Crippen LogP) is 13.1. The summed E-state index contributed by atoms with van der Waals surface area (Å²) in [4.78, 5) is 10.6. The highest BCUT2D eigenvalue weighted by atomic mass is 16.3. The lowest BCUT2D eigenvalue weighted by Crippen LogP contribution is -2.33. The summed E-state index contributed by atoms with van der Waals surface area (Å²) in [5, 5.41) is 15.0. The minimum atomic E-state index is -0.380. The number of hydrogen-bond acceptors (Lipinski definition) is 5. The van der Waals surface area contributed by atoms with Gasteiger partial charge in [0.1, 0.15) is 34.3 Å². The first kappa shape index (κ1) is 30.9. The van der Waals surface area contributed by atoms with Crippen LogP contribution in [0, 0.1) is 0 Å². The maximum Gasteiger partial charge on any atom is 0.160 e. The van der Waals surface area contributed by atoms with E-state index in [2.05, 4.69) is 151 Å². The van der Waals surface area contributed by atoms with Crippen LogP contribution in [-0.4, -0.2) is 11.7 Å². The van der Waals surface area contributed by atoms with Crippen molar-refractivity contribution < 1.29 is 8.83 Å². The molecule has 0 saturated heterocycles. The molecule has 0 radical (unpaired) electrons. The SMILES string of the molecule is c1ccc(C2=NC(c3cccc4oc5cc(-c6cccc7oc8c9ccccc9ccc8c67)ccc5c34)=NC(c3cc4ccccc4c4ccccc34)N2)cc1. The second-order valence-electron chi connectivity index (χ2n) is 14.5. The molecule has 262 valence electrons. The fourth-order valence-electron chi connectivity index (χ4n) is 8.76. The molecule has 0 amide bonds. The van der Waals surface area contributed by atoms with Crippen LogP contribution in [0.2, 0.25) is 0 Å². The van der Waals surface area contributed by atoms with Crippen LogP contribution in [0.1, 0.15) is 22.9 Å². The molecule has 5 nitrogen and oxygen atoms in total. The van der Waals surface area contributed by atoms with Crippen molar-refractivity contribution in [1.29, 1.82) is 0 Å². The maximum absolute atomic E-state index is 6.67. The topological polar surface area (TPSA) is 63.0 Å². The standard InChI is InChI=1S/C51H31N3O2/c1-2-13-31(14-3-1)49-52-50(54-51(53-49)42-28-32-15-5-6-16-34(32)37-18-8-9-19-38(37)42)41-21-11-22-43-47(41)39-26-25-33(29-45(39)55-43)35-20-10-23-44-46(35)40-27-24-30-12-4-7-17-36(30)48(40)56-44/h1-29,51H,(H,52,53,54). The van der Waals surface area contributed by atoms with Gasteiger partial charge in [0.2, 0.25) is 0 Å². The van der Waals surface area contributed by atoms with E-state index in [0.717, 1.165) is 93.7 Å². The average molecular weight is 718 g/mol. The molecule has 1 aliphatic heterocycles. The molecule has 9 aromatic carbocycles. The molecule has 3 heterocycles. The van der Waals surface area contributed by atoms with Gasteiger partial charge in [-0.05, 0) is 74.5 Å². The first-order valence-corrected chi connectivity index (χ1v) is 18.9. The fraction of sp³-hybridized carbons (Fsp3) is 0.0196. The number of hydrogen-bond donors (Lipinski definition) is 1. The lowest BCUT2D eigenvalue weighted by molar-refractivity contribution is 0.668. The molecule has 1 N–H and O–H groups in total. The van der Waals surface area contributed by atoms with Crippen LogP contribution in [0.15, 0.2) is 195 Å². The highest BCUT2D eigenvalue weighted by Gasteiger charge is 2.26. The van der Waals surface area contributed by atoms with E-state index >= 15 is 0 Å². The third-order valence-electron chi connectivity index (χ3n) is 11.3. The van der Waals surface area contributed by atoms with Crippen LogP contribution in [0.5, 0.6) is 0 Å². The van der Waals surface area contributed by atoms with Gasteiger partial charge in [-0.2, -0.15) is 0 Å². The van der Waals surface area contributed by atoms with Crippen molar-refractivity contribution in [2.45, 2.75) is 6.17 Å². The average Bonchev–Trinajstić information content (AvgIpc) is 3.85. The van der Waals surface area contributed by atoms with E-state index in [-0.39, 0.29) is 6.17 Å². The lowest BCUT2D eigenvalue weighted by Gasteiger charge is -2.25. The zero-order valence-electron chi connectivity index (χ0n) is 30.0. The van der Waals surface area contributed by atoms with Gasteiger partial charge in [0.15, 0.2) is 5.84 Å².